The molecule has 3 N–H and O–H groups in total. The SMILES string of the molecule is COc1ccc(C(=O)NCc2ccnc(C)n2)c(N)c1. The van der Waals surface area contributed by atoms with Crippen molar-refractivity contribution in [2.24, 2.45) is 0 Å². The molecule has 0 saturated heterocycles. The van der Waals surface area contributed by atoms with Gasteiger partial charge < -0.3 is 15.8 Å². The van der Waals surface area contributed by atoms with Crippen molar-refractivity contribution in [3.8, 4) is 5.75 Å². The molecule has 0 aliphatic rings. The molecule has 0 aliphatic heterocycles. The lowest BCUT2D eigenvalue weighted by molar-refractivity contribution is 0.0951. The van der Waals surface area contributed by atoms with Crippen LogP contribution in [0.2, 0.25) is 0 Å². The minimum absolute atomic E-state index is 0.249. The molecule has 1 heterocycles. The Morgan fingerprint density at radius 3 is 2.85 bits per heavy atom. The minimum Gasteiger partial charge on any atom is -0.497 e. The van der Waals surface area contributed by atoms with Gasteiger partial charge in [0.05, 0.1) is 24.9 Å². The van der Waals surface area contributed by atoms with Crippen LogP contribution in [0.15, 0.2) is 30.5 Å². The summed E-state index contributed by atoms with van der Waals surface area (Å²) in [6, 6.07) is 6.70. The van der Waals surface area contributed by atoms with Gasteiger partial charge in [0.2, 0.25) is 0 Å². The lowest BCUT2D eigenvalue weighted by Crippen LogP contribution is -2.24. The van der Waals surface area contributed by atoms with Gasteiger partial charge in [-0.1, -0.05) is 0 Å². The summed E-state index contributed by atoms with van der Waals surface area (Å²) in [5.74, 6) is 1.03. The molecule has 0 atom stereocenters. The lowest BCUT2D eigenvalue weighted by Gasteiger charge is -2.09. The van der Waals surface area contributed by atoms with Gasteiger partial charge in [-0.15, -0.1) is 0 Å². The Morgan fingerprint density at radius 2 is 2.20 bits per heavy atom. The fraction of sp³-hybridized carbons (Fsp3) is 0.214. The van der Waals surface area contributed by atoms with Crippen LogP contribution in [0.25, 0.3) is 0 Å². The number of aryl methyl sites for hydroxylation is 1. The Bertz CT molecular complexity index is 628. The number of carbonyl (C=O) groups is 1. The van der Waals surface area contributed by atoms with Crippen LogP contribution < -0.4 is 15.8 Å². The van der Waals surface area contributed by atoms with Crippen molar-refractivity contribution in [1.82, 2.24) is 15.3 Å². The molecule has 6 heteroatoms. The Balaban J connectivity index is 2.05. The molecule has 2 rings (SSSR count). The van der Waals surface area contributed by atoms with Crippen LogP contribution in [-0.2, 0) is 6.54 Å². The summed E-state index contributed by atoms with van der Waals surface area (Å²) in [5.41, 5.74) is 7.36. The third-order valence-corrected chi connectivity index (χ3v) is 2.77. The predicted molar refractivity (Wildman–Crippen MR) is 75.3 cm³/mol. The summed E-state index contributed by atoms with van der Waals surface area (Å²) in [5, 5.41) is 2.77. The van der Waals surface area contributed by atoms with Crippen molar-refractivity contribution >= 4 is 11.6 Å². The number of nitrogens with zero attached hydrogens (tertiary/aromatic N) is 2. The normalized spacial score (nSPS) is 10.1. The molecule has 6 nitrogen and oxygen atoms in total. The zero-order chi connectivity index (χ0) is 14.5. The first kappa shape index (κ1) is 13.8. The largest absolute Gasteiger partial charge is 0.497 e. The third kappa shape index (κ3) is 3.23. The third-order valence-electron chi connectivity index (χ3n) is 2.77. The fourth-order valence-corrected chi connectivity index (χ4v) is 1.74. The van der Waals surface area contributed by atoms with Crippen LogP contribution in [0.5, 0.6) is 5.75 Å². The van der Waals surface area contributed by atoms with Gasteiger partial charge in [-0.2, -0.15) is 0 Å². The maximum absolute atomic E-state index is 12.0. The summed E-state index contributed by atoms with van der Waals surface area (Å²) in [4.78, 5) is 20.3. The first-order valence-corrected chi connectivity index (χ1v) is 6.10. The molecule has 0 unspecified atom stereocenters. The highest BCUT2D eigenvalue weighted by atomic mass is 16.5. The van der Waals surface area contributed by atoms with Crippen molar-refractivity contribution in [1.29, 1.82) is 0 Å². The molecule has 0 saturated carbocycles. The molecule has 1 aromatic carbocycles. The summed E-state index contributed by atoms with van der Waals surface area (Å²) in [6.45, 7) is 2.13. The van der Waals surface area contributed by atoms with Crippen molar-refractivity contribution in [2.75, 3.05) is 12.8 Å². The van der Waals surface area contributed by atoms with Crippen molar-refractivity contribution in [3.63, 3.8) is 0 Å². The fourth-order valence-electron chi connectivity index (χ4n) is 1.74. The molecule has 2 aromatic rings. The summed E-state index contributed by atoms with van der Waals surface area (Å²) < 4.78 is 5.04. The number of amides is 1. The zero-order valence-electron chi connectivity index (χ0n) is 11.4. The van der Waals surface area contributed by atoms with E-state index in [1.165, 1.54) is 0 Å². The number of hydrogen-bond donors (Lipinski definition) is 2. The molecule has 1 aromatic heterocycles. The smallest absolute Gasteiger partial charge is 0.253 e. The molecular weight excluding hydrogens is 256 g/mol. The quantitative estimate of drug-likeness (QED) is 0.819. The maximum atomic E-state index is 12.0. The van der Waals surface area contributed by atoms with Crippen LogP contribution in [0, 0.1) is 6.92 Å². The number of benzene rings is 1. The van der Waals surface area contributed by atoms with Crippen molar-refractivity contribution in [3.05, 3.63) is 47.5 Å². The van der Waals surface area contributed by atoms with E-state index in [2.05, 4.69) is 15.3 Å². The maximum Gasteiger partial charge on any atom is 0.253 e. The van der Waals surface area contributed by atoms with E-state index in [4.69, 9.17) is 10.5 Å². The van der Waals surface area contributed by atoms with Crippen LogP contribution in [0.3, 0.4) is 0 Å². The number of nitrogens with two attached hydrogens (primary N) is 1. The monoisotopic (exact) mass is 272 g/mol. The lowest BCUT2D eigenvalue weighted by atomic mass is 10.1. The van der Waals surface area contributed by atoms with Crippen LogP contribution in [0.4, 0.5) is 5.69 Å². The zero-order valence-corrected chi connectivity index (χ0v) is 11.4. The van der Waals surface area contributed by atoms with Gasteiger partial charge >= 0.3 is 0 Å². The molecule has 104 valence electrons. The van der Waals surface area contributed by atoms with Gasteiger partial charge in [0.25, 0.3) is 5.91 Å². The molecule has 1 amide bonds. The number of nitrogen functional groups attached to an aromatic ring is 1. The average molecular weight is 272 g/mol. The number of rotatable bonds is 4. The van der Waals surface area contributed by atoms with E-state index in [1.807, 2.05) is 0 Å². The van der Waals surface area contributed by atoms with E-state index in [0.717, 1.165) is 5.69 Å². The molecule has 0 spiro atoms. The van der Waals surface area contributed by atoms with E-state index < -0.39 is 0 Å². The molecule has 0 radical (unpaired) electrons. The number of aromatic nitrogens is 2. The van der Waals surface area contributed by atoms with Crippen molar-refractivity contribution < 1.29 is 9.53 Å². The predicted octanol–water partition coefficient (Wildman–Crippen LogP) is 1.31. The number of ether oxygens (including phenoxy) is 1. The van der Waals surface area contributed by atoms with Gasteiger partial charge in [0.1, 0.15) is 11.6 Å². The van der Waals surface area contributed by atoms with Gasteiger partial charge in [-0.3, -0.25) is 4.79 Å². The highest BCUT2D eigenvalue weighted by molar-refractivity contribution is 5.99. The van der Waals surface area contributed by atoms with Gasteiger partial charge in [0.15, 0.2) is 0 Å². The second-order valence-electron chi connectivity index (χ2n) is 4.23. The van der Waals surface area contributed by atoms with Crippen LogP contribution in [0.1, 0.15) is 21.9 Å². The van der Waals surface area contributed by atoms with Crippen LogP contribution >= 0.6 is 0 Å². The number of carbonyl (C=O) groups excluding carboxylic acids is 1. The first-order valence-electron chi connectivity index (χ1n) is 6.10. The van der Waals surface area contributed by atoms with E-state index in [0.29, 0.717) is 29.4 Å². The summed E-state index contributed by atoms with van der Waals surface area (Å²) in [7, 11) is 1.55. The van der Waals surface area contributed by atoms with E-state index in [-0.39, 0.29) is 5.91 Å². The molecule has 0 fully saturated rings. The van der Waals surface area contributed by atoms with E-state index >= 15 is 0 Å². The van der Waals surface area contributed by atoms with Gasteiger partial charge in [-0.05, 0) is 25.1 Å². The standard InChI is InChI=1S/C14H16N4O2/c1-9-16-6-5-10(18-9)8-17-14(19)12-4-3-11(20-2)7-13(12)15/h3-7H,8,15H2,1-2H3,(H,17,19). The van der Waals surface area contributed by atoms with Gasteiger partial charge in [0, 0.05) is 18.0 Å². The minimum atomic E-state index is -0.249. The first-order chi connectivity index (χ1) is 9.60. The van der Waals surface area contributed by atoms with E-state index in [1.54, 1.807) is 44.5 Å². The second-order valence-corrected chi connectivity index (χ2v) is 4.23. The van der Waals surface area contributed by atoms with Gasteiger partial charge in [-0.25, -0.2) is 9.97 Å². The molecule has 0 bridgehead atoms. The Morgan fingerprint density at radius 1 is 1.40 bits per heavy atom. The topological polar surface area (TPSA) is 90.1 Å². The number of anilines is 1. The second kappa shape index (κ2) is 6.01. The highest BCUT2D eigenvalue weighted by Gasteiger charge is 2.10. The number of nitrogens with one attached hydrogen (secondary N) is 1. The van der Waals surface area contributed by atoms with Crippen molar-refractivity contribution in [2.45, 2.75) is 13.5 Å². The summed E-state index contributed by atoms with van der Waals surface area (Å²) >= 11 is 0. The van der Waals surface area contributed by atoms with E-state index in [9.17, 15) is 4.79 Å². The Kier molecular flexibility index (Phi) is 4.14. The molecule has 0 aliphatic carbocycles. The molecular formula is C14H16N4O2. The Hall–Kier alpha value is -2.63. The number of hydrogen-bond acceptors (Lipinski definition) is 5. The number of methoxy groups -OCH3 is 1. The van der Waals surface area contributed by atoms with Crippen LogP contribution in [-0.4, -0.2) is 23.0 Å². The summed E-state index contributed by atoms with van der Waals surface area (Å²) in [6.07, 6.45) is 1.66. The Labute approximate surface area is 117 Å². The molecule has 20 heavy (non-hydrogen) atoms. The highest BCUT2D eigenvalue weighted by Crippen LogP contribution is 2.19. The average Bonchev–Trinajstić information content (AvgIpc) is 2.44.